The summed E-state index contributed by atoms with van der Waals surface area (Å²) in [6.45, 7) is 2.46. The molecule has 0 bridgehead atoms. The van der Waals surface area contributed by atoms with Crippen LogP contribution in [0.1, 0.15) is 48.3 Å². The predicted molar refractivity (Wildman–Crippen MR) is 182 cm³/mol. The second-order valence-electron chi connectivity index (χ2n) is 11.8. The summed E-state index contributed by atoms with van der Waals surface area (Å²) in [6, 6.07) is 32.6. The van der Waals surface area contributed by atoms with Crippen LogP contribution in [0.15, 0.2) is 126 Å². The maximum absolute atomic E-state index is 14.1. The molecule has 1 N–H and O–H groups in total. The molecule has 0 fully saturated rings. The summed E-state index contributed by atoms with van der Waals surface area (Å²) in [5.41, 5.74) is 5.21. The number of ketones is 1. The number of rotatable bonds is 12. The van der Waals surface area contributed by atoms with Gasteiger partial charge in [0.15, 0.2) is 17.3 Å². The van der Waals surface area contributed by atoms with E-state index < -0.39 is 11.9 Å². The third kappa shape index (κ3) is 7.23. The summed E-state index contributed by atoms with van der Waals surface area (Å²) in [6.07, 6.45) is 0.926. The fraction of sp³-hybridized carbons (Fsp3) is 0.250. The molecule has 2 aliphatic rings. The maximum atomic E-state index is 14.1. The highest BCUT2D eigenvalue weighted by Gasteiger charge is 2.41. The summed E-state index contributed by atoms with van der Waals surface area (Å²) in [5.74, 6) is 1.30. The molecule has 1 heterocycles. The van der Waals surface area contributed by atoms with E-state index in [1.54, 1.807) is 14.2 Å². The van der Waals surface area contributed by atoms with Gasteiger partial charge >= 0.3 is 5.97 Å². The van der Waals surface area contributed by atoms with E-state index in [1.165, 1.54) is 0 Å². The first-order valence-corrected chi connectivity index (χ1v) is 16.0. The fourth-order valence-electron chi connectivity index (χ4n) is 6.36. The first-order chi connectivity index (χ1) is 23.4. The summed E-state index contributed by atoms with van der Waals surface area (Å²) in [4.78, 5) is 28.0. The van der Waals surface area contributed by atoms with Gasteiger partial charge in [0.1, 0.15) is 31.3 Å². The van der Waals surface area contributed by atoms with E-state index in [2.05, 4.69) is 5.32 Å². The Bertz CT molecular complexity index is 1810. The molecular formula is C40H39NO7. The van der Waals surface area contributed by atoms with Crippen molar-refractivity contribution in [2.75, 3.05) is 27.4 Å². The molecule has 0 unspecified atom stereocenters. The first-order valence-electron chi connectivity index (χ1n) is 16.0. The molecule has 0 spiro atoms. The van der Waals surface area contributed by atoms with Gasteiger partial charge in [0, 0.05) is 29.3 Å². The number of methoxy groups -OCH3 is 2. The molecule has 4 aromatic rings. The Morgan fingerprint density at radius 2 is 1.46 bits per heavy atom. The van der Waals surface area contributed by atoms with Gasteiger partial charge < -0.3 is 29.0 Å². The largest absolute Gasteiger partial charge is 0.497 e. The number of dihydropyridines is 1. The van der Waals surface area contributed by atoms with Crippen LogP contribution in [-0.4, -0.2) is 39.2 Å². The number of allylic oxidation sites excluding steroid dienone is 3. The van der Waals surface area contributed by atoms with Crippen molar-refractivity contribution in [2.24, 2.45) is 0 Å². The van der Waals surface area contributed by atoms with Gasteiger partial charge in [-0.15, -0.1) is 0 Å². The molecule has 0 saturated carbocycles. The molecule has 1 aliphatic carbocycles. The number of ether oxygens (including phenoxy) is 5. The molecule has 0 radical (unpaired) electrons. The molecule has 48 heavy (non-hydrogen) atoms. The number of hydrogen-bond acceptors (Lipinski definition) is 8. The number of carbonyl (C=O) groups is 2. The van der Waals surface area contributed by atoms with Gasteiger partial charge in [-0.05, 0) is 72.4 Å². The van der Waals surface area contributed by atoms with Crippen LogP contribution in [0.4, 0.5) is 0 Å². The van der Waals surface area contributed by atoms with Crippen LogP contribution in [0.5, 0.6) is 23.0 Å². The lowest BCUT2D eigenvalue weighted by molar-refractivity contribution is -0.140. The summed E-state index contributed by atoms with van der Waals surface area (Å²) < 4.78 is 28.7. The van der Waals surface area contributed by atoms with Crippen molar-refractivity contribution < 1.29 is 33.3 Å². The molecule has 246 valence electrons. The van der Waals surface area contributed by atoms with Gasteiger partial charge in [-0.2, -0.15) is 0 Å². The van der Waals surface area contributed by atoms with Crippen molar-refractivity contribution in [2.45, 2.75) is 38.2 Å². The molecular weight excluding hydrogens is 606 g/mol. The zero-order chi connectivity index (χ0) is 33.5. The zero-order valence-corrected chi connectivity index (χ0v) is 27.4. The highest BCUT2D eigenvalue weighted by Crippen LogP contribution is 2.47. The van der Waals surface area contributed by atoms with E-state index in [9.17, 15) is 9.59 Å². The minimum absolute atomic E-state index is 0.0185. The van der Waals surface area contributed by atoms with Gasteiger partial charge in [0.25, 0.3) is 0 Å². The van der Waals surface area contributed by atoms with Crippen LogP contribution in [0.3, 0.4) is 0 Å². The Balaban J connectivity index is 1.30. The van der Waals surface area contributed by atoms with E-state index in [-0.39, 0.29) is 24.9 Å². The lowest BCUT2D eigenvalue weighted by Gasteiger charge is -2.37. The highest BCUT2D eigenvalue weighted by molar-refractivity contribution is 6.04. The second kappa shape index (κ2) is 14.9. The number of Topliss-reactive ketones (excluding diaryl/α,β-unsaturated/α-hetero) is 1. The third-order valence-corrected chi connectivity index (χ3v) is 8.72. The fourth-order valence-corrected chi connectivity index (χ4v) is 6.36. The van der Waals surface area contributed by atoms with Crippen LogP contribution < -0.4 is 24.3 Å². The van der Waals surface area contributed by atoms with Gasteiger partial charge in [0.05, 0.1) is 19.8 Å². The number of esters is 1. The van der Waals surface area contributed by atoms with E-state index in [1.807, 2.05) is 110 Å². The molecule has 0 aromatic heterocycles. The monoisotopic (exact) mass is 645 g/mol. The van der Waals surface area contributed by atoms with Crippen LogP contribution in [0.25, 0.3) is 0 Å². The Morgan fingerprint density at radius 1 is 0.750 bits per heavy atom. The lowest BCUT2D eigenvalue weighted by Crippen LogP contribution is -2.36. The number of nitrogens with one attached hydrogen (secondary N) is 1. The van der Waals surface area contributed by atoms with Crippen molar-refractivity contribution in [1.82, 2.24) is 5.32 Å². The van der Waals surface area contributed by atoms with Crippen molar-refractivity contribution in [3.8, 4) is 23.0 Å². The maximum Gasteiger partial charge on any atom is 0.336 e. The van der Waals surface area contributed by atoms with E-state index in [4.69, 9.17) is 23.7 Å². The Morgan fingerprint density at radius 3 is 2.17 bits per heavy atom. The van der Waals surface area contributed by atoms with E-state index >= 15 is 0 Å². The van der Waals surface area contributed by atoms with E-state index in [0.717, 1.165) is 28.1 Å². The number of hydrogen-bond donors (Lipinski definition) is 1. The van der Waals surface area contributed by atoms with Crippen LogP contribution in [0.2, 0.25) is 0 Å². The predicted octanol–water partition coefficient (Wildman–Crippen LogP) is 7.27. The quantitative estimate of drug-likeness (QED) is 0.127. The highest BCUT2D eigenvalue weighted by atomic mass is 16.6. The van der Waals surface area contributed by atoms with Gasteiger partial charge in [-0.1, -0.05) is 66.7 Å². The van der Waals surface area contributed by atoms with E-state index in [0.29, 0.717) is 53.5 Å². The number of carbonyl (C=O) groups excluding carboxylic acids is 2. The number of para-hydroxylation sites is 1. The Labute approximate surface area is 280 Å². The van der Waals surface area contributed by atoms with Crippen molar-refractivity contribution in [3.63, 3.8) is 0 Å². The average molecular weight is 646 g/mol. The van der Waals surface area contributed by atoms with Gasteiger partial charge in [-0.3, -0.25) is 4.79 Å². The smallest absolute Gasteiger partial charge is 0.336 e. The summed E-state index contributed by atoms with van der Waals surface area (Å²) >= 11 is 0. The lowest BCUT2D eigenvalue weighted by atomic mass is 9.71. The van der Waals surface area contributed by atoms with Crippen molar-refractivity contribution in [1.29, 1.82) is 0 Å². The molecule has 4 aromatic carbocycles. The molecule has 8 heteroatoms. The van der Waals surface area contributed by atoms with Crippen LogP contribution >= 0.6 is 0 Å². The number of benzene rings is 4. The average Bonchev–Trinajstić information content (AvgIpc) is 3.12. The van der Waals surface area contributed by atoms with Crippen LogP contribution in [-0.2, 0) is 20.9 Å². The van der Waals surface area contributed by atoms with Crippen molar-refractivity contribution in [3.05, 3.63) is 142 Å². The Hall–Kier alpha value is -5.50. The SMILES string of the molecule is COc1ccc([C@@H]2CC(=O)C3=C(C2)NC(C)=C(C(=O)OCCOc2ccccc2)[C@H]3c2ccc(OCc3ccccc3)c(OC)c2)cc1. The summed E-state index contributed by atoms with van der Waals surface area (Å²) in [7, 11) is 3.21. The minimum Gasteiger partial charge on any atom is -0.497 e. The zero-order valence-electron chi connectivity index (χ0n) is 27.4. The van der Waals surface area contributed by atoms with Gasteiger partial charge in [0.2, 0.25) is 0 Å². The molecule has 6 rings (SSSR count). The molecule has 0 saturated heterocycles. The summed E-state index contributed by atoms with van der Waals surface area (Å²) in [5, 5.41) is 3.42. The normalized spacial score (nSPS) is 17.3. The Kier molecular flexibility index (Phi) is 10.1. The molecule has 0 amide bonds. The van der Waals surface area contributed by atoms with Gasteiger partial charge in [-0.25, -0.2) is 4.79 Å². The van der Waals surface area contributed by atoms with Crippen molar-refractivity contribution >= 4 is 11.8 Å². The molecule has 1 aliphatic heterocycles. The molecule has 8 nitrogen and oxygen atoms in total. The molecule has 2 atom stereocenters. The topological polar surface area (TPSA) is 92.3 Å². The first kappa shape index (κ1) is 32.4. The standard InChI is InChI=1S/C40H39NO7/c1-26-37(40(43)47-21-20-46-32-12-8-5-9-13-32)38(29-16-19-35(36(24-29)45-3)48-25-27-10-6-4-7-11-27)39-33(41-26)22-30(23-34(39)42)28-14-17-31(44-2)18-15-28/h4-19,24,30,38,41H,20-23,25H2,1-3H3/t30-,38+/m0/s1. The third-order valence-electron chi connectivity index (χ3n) is 8.72. The second-order valence-corrected chi connectivity index (χ2v) is 11.8. The minimum atomic E-state index is -0.662. The van der Waals surface area contributed by atoms with Crippen LogP contribution in [0, 0.1) is 0 Å².